The van der Waals surface area contributed by atoms with Crippen LogP contribution in [-0.2, 0) is 12.8 Å². The molecule has 0 saturated carbocycles. The van der Waals surface area contributed by atoms with E-state index in [-0.39, 0.29) is 0 Å². The number of hydrogen-bond donors (Lipinski definition) is 0. The van der Waals surface area contributed by atoms with Crippen molar-refractivity contribution >= 4 is 12.2 Å². The Morgan fingerprint density at radius 3 is 2.07 bits per heavy atom. The van der Waals surface area contributed by atoms with Crippen LogP contribution in [0, 0.1) is 0 Å². The Hall–Kier alpha value is -2.16. The average Bonchev–Trinajstić information content (AvgIpc) is 2.74. The third-order valence-electron chi connectivity index (χ3n) is 6.68. The van der Waals surface area contributed by atoms with Gasteiger partial charge in [0.15, 0.2) is 0 Å². The second kappa shape index (κ2) is 8.89. The summed E-state index contributed by atoms with van der Waals surface area (Å²) < 4.78 is 2.38. The van der Waals surface area contributed by atoms with Crippen molar-refractivity contribution in [3.63, 3.8) is 0 Å². The van der Waals surface area contributed by atoms with Crippen molar-refractivity contribution in [3.05, 3.63) is 83.9 Å². The number of rotatable bonds is 8. The fraction of sp³-hybridized carbons (Fsp3) is 0.385. The molecule has 2 aromatic rings. The zero-order valence-corrected chi connectivity index (χ0v) is 17.7. The van der Waals surface area contributed by atoms with Gasteiger partial charge in [0.2, 0.25) is 0 Å². The molecule has 1 aliphatic rings. The second-order valence-electron chi connectivity index (χ2n) is 8.93. The molecule has 1 heterocycles. The fourth-order valence-electron chi connectivity index (χ4n) is 4.26. The molecule has 0 bridgehead atoms. The molecule has 2 aromatic carbocycles. The summed E-state index contributed by atoms with van der Waals surface area (Å²) in [4.78, 5) is 0. The van der Waals surface area contributed by atoms with Crippen LogP contribution in [0.15, 0.2) is 61.7 Å². The van der Waals surface area contributed by atoms with Crippen LogP contribution in [0.3, 0.4) is 0 Å². The highest BCUT2D eigenvalue weighted by molar-refractivity contribution is 5.51. The Labute approximate surface area is 171 Å². The molecule has 1 saturated heterocycles. The van der Waals surface area contributed by atoms with E-state index >= 15 is 0 Å². The summed E-state index contributed by atoms with van der Waals surface area (Å²) >= 11 is 0. The Morgan fingerprint density at radius 2 is 1.43 bits per heavy atom. The normalized spacial score (nSPS) is 24.6. The van der Waals surface area contributed by atoms with Crippen LogP contribution in [0.2, 0.25) is 0 Å². The molecule has 2 heteroatoms. The van der Waals surface area contributed by atoms with Crippen molar-refractivity contribution in [1.29, 1.82) is 0 Å². The van der Waals surface area contributed by atoms with Crippen molar-refractivity contribution in [3.8, 4) is 0 Å². The number of hydrogen-bond acceptors (Lipinski definition) is 0. The molecule has 0 atom stereocenters. The lowest BCUT2D eigenvalue weighted by Gasteiger charge is -2.46. The summed E-state index contributed by atoms with van der Waals surface area (Å²) in [6.07, 6.45) is 6.21. The van der Waals surface area contributed by atoms with E-state index in [1.54, 1.807) is 0 Å². The number of quaternary nitrogens is 2. The third-order valence-corrected chi connectivity index (χ3v) is 6.68. The van der Waals surface area contributed by atoms with E-state index in [4.69, 9.17) is 0 Å². The van der Waals surface area contributed by atoms with Gasteiger partial charge < -0.3 is 8.97 Å². The van der Waals surface area contributed by atoms with Gasteiger partial charge in [-0.3, -0.25) is 0 Å². The van der Waals surface area contributed by atoms with E-state index in [1.807, 2.05) is 12.2 Å². The van der Waals surface area contributed by atoms with Gasteiger partial charge in [-0.25, -0.2) is 0 Å². The molecule has 1 fully saturated rings. The van der Waals surface area contributed by atoms with Gasteiger partial charge in [0.05, 0.1) is 27.2 Å². The first-order valence-electron chi connectivity index (χ1n) is 10.5. The van der Waals surface area contributed by atoms with E-state index < -0.39 is 0 Å². The summed E-state index contributed by atoms with van der Waals surface area (Å²) in [5.74, 6) is 0. The standard InChI is InChI=1S/C26H36N2/c1-5-23-10-9-11-24(22-23)14-16-27(3)18-20-28(4,21-19-27)17-15-26-13-8-7-12-25(26)6-2/h5-13,22H,1-2,14-21H2,3-4H3/q+2. The van der Waals surface area contributed by atoms with Crippen LogP contribution in [0.4, 0.5) is 0 Å². The topological polar surface area (TPSA) is 0 Å². The van der Waals surface area contributed by atoms with E-state index in [1.165, 1.54) is 70.5 Å². The van der Waals surface area contributed by atoms with Crippen LogP contribution in [0.1, 0.15) is 22.3 Å². The maximum atomic E-state index is 3.97. The van der Waals surface area contributed by atoms with Gasteiger partial charge in [-0.1, -0.05) is 73.8 Å². The SMILES string of the molecule is C=Cc1cccc(CC[N+]2(C)CC[N+](C)(CCc3ccccc3C=C)CC2)c1. The molecule has 148 valence electrons. The summed E-state index contributed by atoms with van der Waals surface area (Å²) in [5, 5.41) is 0. The molecule has 0 aromatic heterocycles. The minimum Gasteiger partial charge on any atom is -0.316 e. The van der Waals surface area contributed by atoms with Crippen molar-refractivity contribution in [2.75, 3.05) is 53.4 Å². The predicted molar refractivity (Wildman–Crippen MR) is 122 cm³/mol. The molecule has 0 amide bonds. The monoisotopic (exact) mass is 376 g/mol. The van der Waals surface area contributed by atoms with Crippen molar-refractivity contribution in [2.45, 2.75) is 12.8 Å². The first-order valence-corrected chi connectivity index (χ1v) is 10.5. The lowest BCUT2D eigenvalue weighted by Crippen LogP contribution is -2.64. The quantitative estimate of drug-likeness (QED) is 0.588. The van der Waals surface area contributed by atoms with Crippen molar-refractivity contribution in [1.82, 2.24) is 0 Å². The van der Waals surface area contributed by atoms with E-state index in [2.05, 4.69) is 75.8 Å². The Balaban J connectivity index is 1.53. The molecule has 0 radical (unpaired) electrons. The Bertz CT molecular complexity index is 813. The molecular weight excluding hydrogens is 340 g/mol. The van der Waals surface area contributed by atoms with Crippen LogP contribution in [0.5, 0.6) is 0 Å². The maximum absolute atomic E-state index is 3.97. The minimum absolute atomic E-state index is 1.14. The number of likely N-dealkylation sites (N-methyl/N-ethyl adjacent to an activating group) is 2. The van der Waals surface area contributed by atoms with Gasteiger partial charge in [0.1, 0.15) is 26.2 Å². The summed E-state index contributed by atoms with van der Waals surface area (Å²) in [5.41, 5.74) is 5.37. The number of nitrogens with zero attached hydrogens (tertiary/aromatic N) is 2. The lowest BCUT2D eigenvalue weighted by atomic mass is 10.0. The Kier molecular flexibility index (Phi) is 6.53. The number of benzene rings is 2. The average molecular weight is 377 g/mol. The minimum atomic E-state index is 1.14. The predicted octanol–water partition coefficient (Wildman–Crippen LogP) is 4.66. The molecule has 1 aliphatic heterocycles. The summed E-state index contributed by atoms with van der Waals surface area (Å²) in [7, 11) is 4.88. The van der Waals surface area contributed by atoms with Crippen molar-refractivity contribution in [2.24, 2.45) is 0 Å². The van der Waals surface area contributed by atoms with Gasteiger partial charge >= 0.3 is 0 Å². The molecule has 0 N–H and O–H groups in total. The highest BCUT2D eigenvalue weighted by Gasteiger charge is 2.36. The second-order valence-corrected chi connectivity index (χ2v) is 8.93. The van der Waals surface area contributed by atoms with E-state index in [0.29, 0.717) is 0 Å². The zero-order chi connectivity index (χ0) is 20.0. The molecule has 3 rings (SSSR count). The van der Waals surface area contributed by atoms with Crippen LogP contribution >= 0.6 is 0 Å². The largest absolute Gasteiger partial charge is 0.316 e. The first kappa shape index (κ1) is 20.6. The fourth-order valence-corrected chi connectivity index (χ4v) is 4.26. The zero-order valence-electron chi connectivity index (χ0n) is 17.7. The highest BCUT2D eigenvalue weighted by atomic mass is 15.4. The van der Waals surface area contributed by atoms with Gasteiger partial charge in [-0.05, 0) is 22.3 Å². The van der Waals surface area contributed by atoms with Crippen LogP contribution in [0.25, 0.3) is 12.2 Å². The first-order chi connectivity index (χ1) is 13.5. The molecule has 0 spiro atoms. The number of piperazine rings is 1. The lowest BCUT2D eigenvalue weighted by molar-refractivity contribution is -1.01. The molecule has 0 unspecified atom stereocenters. The van der Waals surface area contributed by atoms with Gasteiger partial charge in [0, 0.05) is 12.8 Å². The van der Waals surface area contributed by atoms with Gasteiger partial charge in [-0.2, -0.15) is 0 Å². The molecular formula is C26H36N2+2. The van der Waals surface area contributed by atoms with Crippen LogP contribution < -0.4 is 0 Å². The maximum Gasteiger partial charge on any atom is 0.128 e. The van der Waals surface area contributed by atoms with Crippen LogP contribution in [-0.4, -0.2) is 62.3 Å². The highest BCUT2D eigenvalue weighted by Crippen LogP contribution is 2.20. The van der Waals surface area contributed by atoms with Crippen molar-refractivity contribution < 1.29 is 8.97 Å². The molecule has 28 heavy (non-hydrogen) atoms. The van der Waals surface area contributed by atoms with E-state index in [9.17, 15) is 0 Å². The molecule has 0 aliphatic carbocycles. The van der Waals surface area contributed by atoms with E-state index in [0.717, 1.165) is 12.8 Å². The van der Waals surface area contributed by atoms with Gasteiger partial charge in [-0.15, -0.1) is 0 Å². The Morgan fingerprint density at radius 1 is 0.786 bits per heavy atom. The third kappa shape index (κ3) is 5.21. The summed E-state index contributed by atoms with van der Waals surface area (Å²) in [6.45, 7) is 15.3. The van der Waals surface area contributed by atoms with Gasteiger partial charge in [0.25, 0.3) is 0 Å². The summed E-state index contributed by atoms with van der Waals surface area (Å²) in [6, 6.07) is 17.5. The molecule has 2 nitrogen and oxygen atoms in total. The smallest absolute Gasteiger partial charge is 0.128 e.